The Kier molecular flexibility index (Phi) is 8.72. The minimum absolute atomic E-state index is 0.211. The Bertz CT molecular complexity index is 1590. The summed E-state index contributed by atoms with van der Waals surface area (Å²) >= 11 is 3.43. The SMILES string of the molecule is C=CCOc1c(I)cc(/C=c2/sc3n(c2=O)[C@@H](c2ccc(OC)cc2)C(C(=O)OCC)=C(C)N=3)cc1OC. The Balaban J connectivity index is 1.89. The zero-order valence-electron chi connectivity index (χ0n) is 21.4. The molecule has 0 fully saturated rings. The maximum absolute atomic E-state index is 13.8. The van der Waals surface area contributed by atoms with Crippen molar-refractivity contribution in [1.29, 1.82) is 0 Å². The van der Waals surface area contributed by atoms with Gasteiger partial charge in [0.15, 0.2) is 16.3 Å². The number of fused-ring (bicyclic) bond motifs is 1. The van der Waals surface area contributed by atoms with Gasteiger partial charge in [-0.25, -0.2) is 9.79 Å². The summed E-state index contributed by atoms with van der Waals surface area (Å²) in [5.41, 5.74) is 2.10. The molecule has 3 aromatic rings. The van der Waals surface area contributed by atoms with Gasteiger partial charge in [0.25, 0.3) is 5.56 Å². The molecule has 1 aliphatic rings. The van der Waals surface area contributed by atoms with Gasteiger partial charge in [-0.2, -0.15) is 0 Å². The van der Waals surface area contributed by atoms with Crippen molar-refractivity contribution in [2.24, 2.45) is 4.99 Å². The first-order valence-electron chi connectivity index (χ1n) is 11.8. The Morgan fingerprint density at radius 2 is 1.95 bits per heavy atom. The normalized spacial score (nSPS) is 15.0. The highest BCUT2D eigenvalue weighted by Gasteiger charge is 2.33. The molecule has 38 heavy (non-hydrogen) atoms. The second kappa shape index (κ2) is 12.0. The van der Waals surface area contributed by atoms with Gasteiger partial charge in [-0.05, 0) is 77.9 Å². The number of rotatable bonds is 9. The number of allylic oxidation sites excluding steroid dienone is 1. The Morgan fingerprint density at radius 3 is 2.58 bits per heavy atom. The van der Waals surface area contributed by atoms with Crippen LogP contribution in [0.4, 0.5) is 0 Å². The van der Waals surface area contributed by atoms with Crippen LogP contribution < -0.4 is 29.1 Å². The fraction of sp³-hybridized carbons (Fsp3) is 0.250. The average Bonchev–Trinajstić information content (AvgIpc) is 3.21. The van der Waals surface area contributed by atoms with E-state index < -0.39 is 12.0 Å². The van der Waals surface area contributed by atoms with E-state index in [4.69, 9.17) is 18.9 Å². The fourth-order valence-electron chi connectivity index (χ4n) is 4.15. The summed E-state index contributed by atoms with van der Waals surface area (Å²) < 4.78 is 24.8. The lowest BCUT2D eigenvalue weighted by molar-refractivity contribution is -0.139. The van der Waals surface area contributed by atoms with E-state index in [1.165, 1.54) is 11.3 Å². The summed E-state index contributed by atoms with van der Waals surface area (Å²) in [5.74, 6) is 1.33. The number of esters is 1. The van der Waals surface area contributed by atoms with E-state index in [9.17, 15) is 9.59 Å². The van der Waals surface area contributed by atoms with Gasteiger partial charge in [0.2, 0.25) is 0 Å². The van der Waals surface area contributed by atoms with E-state index in [-0.39, 0.29) is 12.2 Å². The maximum Gasteiger partial charge on any atom is 0.338 e. The Labute approximate surface area is 237 Å². The van der Waals surface area contributed by atoms with Gasteiger partial charge in [-0.1, -0.05) is 36.1 Å². The summed E-state index contributed by atoms with van der Waals surface area (Å²) in [5, 5.41) is 0. The zero-order valence-corrected chi connectivity index (χ0v) is 24.4. The molecule has 10 heteroatoms. The van der Waals surface area contributed by atoms with Gasteiger partial charge in [0.05, 0.1) is 46.2 Å². The van der Waals surface area contributed by atoms with Crippen molar-refractivity contribution in [2.45, 2.75) is 19.9 Å². The molecule has 2 heterocycles. The second-order valence-electron chi connectivity index (χ2n) is 8.21. The van der Waals surface area contributed by atoms with Gasteiger partial charge in [-0.3, -0.25) is 9.36 Å². The van der Waals surface area contributed by atoms with E-state index in [0.29, 0.717) is 44.5 Å². The van der Waals surface area contributed by atoms with Gasteiger partial charge in [-0.15, -0.1) is 0 Å². The number of carbonyl (C=O) groups excluding carboxylic acids is 1. The number of hydrogen-bond donors (Lipinski definition) is 0. The first kappa shape index (κ1) is 27.6. The zero-order chi connectivity index (χ0) is 27.4. The van der Waals surface area contributed by atoms with Crippen LogP contribution in [0.1, 0.15) is 31.0 Å². The number of hydrogen-bond acceptors (Lipinski definition) is 8. The molecular formula is C28H27IN2O6S. The third-order valence-electron chi connectivity index (χ3n) is 5.84. The van der Waals surface area contributed by atoms with Gasteiger partial charge in [0.1, 0.15) is 12.4 Å². The van der Waals surface area contributed by atoms with Crippen molar-refractivity contribution < 1.29 is 23.7 Å². The first-order chi connectivity index (χ1) is 18.3. The van der Waals surface area contributed by atoms with E-state index in [1.807, 2.05) is 24.3 Å². The molecule has 1 aliphatic heterocycles. The summed E-state index contributed by atoms with van der Waals surface area (Å²) in [6.45, 7) is 7.75. The highest BCUT2D eigenvalue weighted by Crippen LogP contribution is 2.34. The number of thiazole rings is 1. The molecule has 0 saturated carbocycles. The summed E-state index contributed by atoms with van der Waals surface area (Å²) in [4.78, 5) is 32.0. The third kappa shape index (κ3) is 5.41. The molecule has 0 bridgehead atoms. The van der Waals surface area contributed by atoms with Crippen LogP contribution in [-0.2, 0) is 9.53 Å². The van der Waals surface area contributed by atoms with Crippen molar-refractivity contribution >= 4 is 46.0 Å². The predicted molar refractivity (Wildman–Crippen MR) is 155 cm³/mol. The predicted octanol–water partition coefficient (Wildman–Crippen LogP) is 3.98. The fourth-order valence-corrected chi connectivity index (χ4v) is 5.98. The number of aromatic nitrogens is 1. The molecule has 0 saturated heterocycles. The molecule has 0 spiro atoms. The lowest BCUT2D eigenvalue weighted by Crippen LogP contribution is -2.39. The highest BCUT2D eigenvalue weighted by atomic mass is 127. The van der Waals surface area contributed by atoms with E-state index >= 15 is 0 Å². The minimum atomic E-state index is -0.692. The number of ether oxygens (including phenoxy) is 4. The van der Waals surface area contributed by atoms with Crippen LogP contribution in [0.2, 0.25) is 0 Å². The van der Waals surface area contributed by atoms with Crippen LogP contribution in [-0.4, -0.2) is 38.0 Å². The van der Waals surface area contributed by atoms with E-state index in [1.54, 1.807) is 56.9 Å². The van der Waals surface area contributed by atoms with Crippen molar-refractivity contribution in [3.63, 3.8) is 0 Å². The van der Waals surface area contributed by atoms with E-state index in [2.05, 4.69) is 34.2 Å². The molecule has 8 nitrogen and oxygen atoms in total. The molecule has 4 rings (SSSR count). The second-order valence-corrected chi connectivity index (χ2v) is 10.4. The van der Waals surface area contributed by atoms with Crippen LogP contribution in [0.3, 0.4) is 0 Å². The lowest BCUT2D eigenvalue weighted by Gasteiger charge is -2.24. The quantitative estimate of drug-likeness (QED) is 0.199. The molecule has 1 atom stereocenters. The van der Waals surface area contributed by atoms with E-state index in [0.717, 1.165) is 14.7 Å². The number of nitrogens with zero attached hydrogens (tertiary/aromatic N) is 2. The molecule has 2 aromatic carbocycles. The molecule has 0 unspecified atom stereocenters. The van der Waals surface area contributed by atoms with Crippen molar-refractivity contribution in [3.8, 4) is 17.2 Å². The molecule has 0 radical (unpaired) electrons. The molecule has 198 valence electrons. The average molecular weight is 647 g/mol. The largest absolute Gasteiger partial charge is 0.497 e. The first-order valence-corrected chi connectivity index (χ1v) is 13.7. The van der Waals surface area contributed by atoms with Gasteiger partial charge >= 0.3 is 5.97 Å². The van der Waals surface area contributed by atoms with Crippen molar-refractivity contribution in [2.75, 3.05) is 27.4 Å². The van der Waals surface area contributed by atoms with Gasteiger partial charge in [0, 0.05) is 0 Å². The number of carbonyl (C=O) groups is 1. The molecule has 0 aliphatic carbocycles. The molecule has 1 aromatic heterocycles. The lowest BCUT2D eigenvalue weighted by atomic mass is 9.96. The highest BCUT2D eigenvalue weighted by molar-refractivity contribution is 14.1. The van der Waals surface area contributed by atoms with Crippen LogP contribution in [0.25, 0.3) is 6.08 Å². The Morgan fingerprint density at radius 1 is 1.21 bits per heavy atom. The summed E-state index contributed by atoms with van der Waals surface area (Å²) in [7, 11) is 3.15. The van der Waals surface area contributed by atoms with Crippen molar-refractivity contribution in [3.05, 3.63) is 94.7 Å². The number of benzene rings is 2. The summed E-state index contributed by atoms with van der Waals surface area (Å²) in [6, 6.07) is 10.3. The van der Waals surface area contributed by atoms with Crippen molar-refractivity contribution in [1.82, 2.24) is 4.57 Å². The monoisotopic (exact) mass is 646 g/mol. The van der Waals surface area contributed by atoms with Gasteiger partial charge < -0.3 is 18.9 Å². The Hall–Kier alpha value is -3.38. The maximum atomic E-state index is 13.8. The minimum Gasteiger partial charge on any atom is -0.497 e. The summed E-state index contributed by atoms with van der Waals surface area (Å²) in [6.07, 6.45) is 3.45. The number of halogens is 1. The van der Waals surface area contributed by atoms with Crippen LogP contribution in [0.5, 0.6) is 17.2 Å². The molecule has 0 N–H and O–H groups in total. The standard InChI is InChI=1S/C28H27IN2O6S/c1-6-12-37-25-20(29)13-17(14-21(25)35-5)15-22-26(32)31-24(18-8-10-19(34-4)11-9-18)23(27(33)36-7-2)16(3)30-28(31)38-22/h6,8-11,13-15,24H,1,7,12H2,2-5H3/b22-15+/t24-/m0/s1. The van der Waals surface area contributed by atoms with Crippen LogP contribution in [0, 0.1) is 3.57 Å². The number of methoxy groups -OCH3 is 2. The topological polar surface area (TPSA) is 88.4 Å². The molecule has 0 amide bonds. The smallest absolute Gasteiger partial charge is 0.338 e. The molecular weight excluding hydrogens is 619 g/mol. The third-order valence-corrected chi connectivity index (χ3v) is 7.63. The van der Waals surface area contributed by atoms with Crippen LogP contribution in [0.15, 0.2) is 70.1 Å². The van der Waals surface area contributed by atoms with Crippen LogP contribution >= 0.6 is 33.9 Å².